The molecule has 0 aromatic heterocycles. The van der Waals surface area contributed by atoms with Crippen molar-refractivity contribution in [1.82, 2.24) is 0 Å². The predicted octanol–water partition coefficient (Wildman–Crippen LogP) is 4.17. The molecule has 0 aliphatic heterocycles. The van der Waals surface area contributed by atoms with E-state index >= 15 is 0 Å². The molecular formula is C14H9F6N. The Hall–Kier alpha value is -2.02. The number of nitrogens with two attached hydrogens (primary N) is 1. The van der Waals surface area contributed by atoms with Gasteiger partial charge in [-0.3, -0.25) is 0 Å². The van der Waals surface area contributed by atoms with Crippen LogP contribution in [0.1, 0.15) is 22.7 Å². The molecule has 2 aromatic carbocycles. The highest BCUT2D eigenvalue weighted by Crippen LogP contribution is 2.31. The fraction of sp³-hybridized carbons (Fsp3) is 0.143. The van der Waals surface area contributed by atoms with Gasteiger partial charge >= 0.3 is 6.18 Å². The van der Waals surface area contributed by atoms with Crippen LogP contribution in [0.4, 0.5) is 26.3 Å². The van der Waals surface area contributed by atoms with Crippen molar-refractivity contribution >= 4 is 0 Å². The van der Waals surface area contributed by atoms with Crippen LogP contribution < -0.4 is 5.73 Å². The fourth-order valence-electron chi connectivity index (χ4n) is 1.84. The third-order valence-corrected chi connectivity index (χ3v) is 2.97. The molecule has 21 heavy (non-hydrogen) atoms. The Morgan fingerprint density at radius 3 is 1.86 bits per heavy atom. The van der Waals surface area contributed by atoms with Gasteiger partial charge in [0, 0.05) is 11.6 Å². The van der Waals surface area contributed by atoms with E-state index in [4.69, 9.17) is 5.73 Å². The lowest BCUT2D eigenvalue weighted by atomic mass is 9.98. The topological polar surface area (TPSA) is 26.0 Å². The van der Waals surface area contributed by atoms with E-state index < -0.39 is 35.2 Å². The molecule has 0 spiro atoms. The number of alkyl halides is 3. The first-order valence-electron chi connectivity index (χ1n) is 5.77. The quantitative estimate of drug-likeness (QED) is 0.654. The molecule has 1 nitrogen and oxygen atoms in total. The summed E-state index contributed by atoms with van der Waals surface area (Å²) in [5, 5.41) is 0. The molecule has 0 heterocycles. The van der Waals surface area contributed by atoms with E-state index in [0.717, 1.165) is 24.3 Å². The van der Waals surface area contributed by atoms with E-state index in [1.807, 2.05) is 0 Å². The van der Waals surface area contributed by atoms with E-state index in [-0.39, 0.29) is 11.1 Å². The minimum absolute atomic E-state index is 0.146. The molecule has 2 aromatic rings. The zero-order valence-corrected chi connectivity index (χ0v) is 10.4. The van der Waals surface area contributed by atoms with Crippen molar-refractivity contribution in [2.24, 2.45) is 5.73 Å². The average Bonchev–Trinajstić information content (AvgIpc) is 2.41. The Balaban J connectivity index is 2.36. The van der Waals surface area contributed by atoms with E-state index in [1.54, 1.807) is 0 Å². The second kappa shape index (κ2) is 5.40. The van der Waals surface area contributed by atoms with Crippen molar-refractivity contribution in [2.45, 2.75) is 12.2 Å². The van der Waals surface area contributed by atoms with Gasteiger partial charge in [0.2, 0.25) is 0 Å². The summed E-state index contributed by atoms with van der Waals surface area (Å²) in [5.41, 5.74) is 4.61. The first kappa shape index (κ1) is 15.4. The van der Waals surface area contributed by atoms with Crippen molar-refractivity contribution in [3.63, 3.8) is 0 Å². The van der Waals surface area contributed by atoms with Crippen molar-refractivity contribution < 1.29 is 26.3 Å². The highest BCUT2D eigenvalue weighted by molar-refractivity contribution is 5.35. The Kier molecular flexibility index (Phi) is 3.95. The molecule has 0 fully saturated rings. The lowest BCUT2D eigenvalue weighted by Gasteiger charge is -2.15. The van der Waals surface area contributed by atoms with Gasteiger partial charge in [0.15, 0.2) is 11.6 Å². The summed E-state index contributed by atoms with van der Waals surface area (Å²) in [6, 6.07) is 3.42. The van der Waals surface area contributed by atoms with Crippen molar-refractivity contribution in [3.05, 3.63) is 70.5 Å². The number of rotatable bonds is 2. The standard InChI is InChI=1S/C14H9F6N/c15-10-6-12(17)11(16)5-9(10)13(21)7-1-3-8(4-2-7)14(18,19)20/h1-6,13H,21H2. The lowest BCUT2D eigenvalue weighted by Crippen LogP contribution is -2.15. The summed E-state index contributed by atoms with van der Waals surface area (Å²) in [5.74, 6) is -3.72. The van der Waals surface area contributed by atoms with Crippen molar-refractivity contribution in [1.29, 1.82) is 0 Å². The van der Waals surface area contributed by atoms with E-state index in [9.17, 15) is 26.3 Å². The van der Waals surface area contributed by atoms with Crippen LogP contribution in [0.15, 0.2) is 36.4 Å². The highest BCUT2D eigenvalue weighted by Gasteiger charge is 2.30. The van der Waals surface area contributed by atoms with Gasteiger partial charge in [-0.1, -0.05) is 12.1 Å². The molecule has 0 aliphatic carbocycles. The summed E-state index contributed by atoms with van der Waals surface area (Å²) in [6.45, 7) is 0. The summed E-state index contributed by atoms with van der Waals surface area (Å²) in [6.07, 6.45) is -4.50. The molecule has 0 saturated carbocycles. The zero-order valence-electron chi connectivity index (χ0n) is 10.4. The largest absolute Gasteiger partial charge is 0.416 e. The van der Waals surface area contributed by atoms with Crippen LogP contribution in [0.25, 0.3) is 0 Å². The monoisotopic (exact) mass is 305 g/mol. The Morgan fingerprint density at radius 2 is 1.33 bits per heavy atom. The number of benzene rings is 2. The molecule has 0 bridgehead atoms. The van der Waals surface area contributed by atoms with Crippen LogP contribution in [0.2, 0.25) is 0 Å². The maximum absolute atomic E-state index is 13.6. The fourth-order valence-corrected chi connectivity index (χ4v) is 1.84. The number of halogens is 6. The summed E-state index contributed by atoms with van der Waals surface area (Å²) in [4.78, 5) is 0. The van der Waals surface area contributed by atoms with Gasteiger partial charge in [0.1, 0.15) is 5.82 Å². The first-order valence-corrected chi connectivity index (χ1v) is 5.77. The molecular weight excluding hydrogens is 296 g/mol. The van der Waals surface area contributed by atoms with Gasteiger partial charge in [-0.15, -0.1) is 0 Å². The summed E-state index contributed by atoms with van der Waals surface area (Å²) >= 11 is 0. The van der Waals surface area contributed by atoms with E-state index in [2.05, 4.69) is 0 Å². The molecule has 0 amide bonds. The maximum Gasteiger partial charge on any atom is 0.416 e. The van der Waals surface area contributed by atoms with Gasteiger partial charge in [-0.05, 0) is 23.8 Å². The predicted molar refractivity (Wildman–Crippen MR) is 63.8 cm³/mol. The Bertz CT molecular complexity index is 648. The molecule has 0 saturated heterocycles. The molecule has 112 valence electrons. The Labute approximate surface area is 116 Å². The second-order valence-corrected chi connectivity index (χ2v) is 4.39. The summed E-state index contributed by atoms with van der Waals surface area (Å²) in [7, 11) is 0. The second-order valence-electron chi connectivity index (χ2n) is 4.39. The van der Waals surface area contributed by atoms with Crippen molar-refractivity contribution in [3.8, 4) is 0 Å². The smallest absolute Gasteiger partial charge is 0.320 e. The van der Waals surface area contributed by atoms with Crippen LogP contribution in [0.3, 0.4) is 0 Å². The van der Waals surface area contributed by atoms with Crippen LogP contribution in [-0.4, -0.2) is 0 Å². The van der Waals surface area contributed by atoms with Gasteiger partial charge in [0.05, 0.1) is 11.6 Å². The van der Waals surface area contributed by atoms with Crippen LogP contribution in [0.5, 0.6) is 0 Å². The van der Waals surface area contributed by atoms with Crippen LogP contribution >= 0.6 is 0 Å². The molecule has 0 aliphatic rings. The van der Waals surface area contributed by atoms with E-state index in [0.29, 0.717) is 12.1 Å². The summed E-state index contributed by atoms with van der Waals surface area (Å²) < 4.78 is 76.8. The third kappa shape index (κ3) is 3.18. The number of hydrogen-bond acceptors (Lipinski definition) is 1. The Morgan fingerprint density at radius 1 is 0.810 bits per heavy atom. The van der Waals surface area contributed by atoms with Gasteiger partial charge in [-0.2, -0.15) is 13.2 Å². The molecule has 2 N–H and O–H groups in total. The highest BCUT2D eigenvalue weighted by atomic mass is 19.4. The van der Waals surface area contributed by atoms with Gasteiger partial charge in [-0.25, -0.2) is 13.2 Å². The molecule has 1 atom stereocenters. The lowest BCUT2D eigenvalue weighted by molar-refractivity contribution is -0.137. The average molecular weight is 305 g/mol. The van der Waals surface area contributed by atoms with Crippen molar-refractivity contribution in [2.75, 3.05) is 0 Å². The molecule has 1 unspecified atom stereocenters. The van der Waals surface area contributed by atoms with Crippen LogP contribution in [0, 0.1) is 17.5 Å². The molecule has 2 rings (SSSR count). The third-order valence-electron chi connectivity index (χ3n) is 2.97. The first-order chi connectivity index (χ1) is 9.70. The molecule has 0 radical (unpaired) electrons. The minimum atomic E-state index is -4.50. The minimum Gasteiger partial charge on any atom is -0.320 e. The van der Waals surface area contributed by atoms with Gasteiger partial charge < -0.3 is 5.73 Å². The SMILES string of the molecule is NC(c1ccc(C(F)(F)F)cc1)c1cc(F)c(F)cc1F. The normalized spacial score (nSPS) is 13.3. The molecule has 7 heteroatoms. The maximum atomic E-state index is 13.6. The number of hydrogen-bond donors (Lipinski definition) is 1. The van der Waals surface area contributed by atoms with Crippen LogP contribution in [-0.2, 0) is 6.18 Å². The van der Waals surface area contributed by atoms with Gasteiger partial charge in [0.25, 0.3) is 0 Å². The zero-order chi connectivity index (χ0) is 15.8. The van der Waals surface area contributed by atoms with E-state index in [1.165, 1.54) is 0 Å².